The molecule has 126 valence electrons. The van der Waals surface area contributed by atoms with Crippen molar-refractivity contribution in [3.63, 3.8) is 0 Å². The number of aliphatic imine (C=N–C) groups is 1. The third kappa shape index (κ3) is 3.74. The number of carbonyl (C=O) groups is 2. The normalized spacial score (nSPS) is 15.0. The van der Waals surface area contributed by atoms with E-state index >= 15 is 0 Å². The summed E-state index contributed by atoms with van der Waals surface area (Å²) in [5.74, 6) is -0.782. The van der Waals surface area contributed by atoms with Gasteiger partial charge in [-0.15, -0.1) is 0 Å². The first kappa shape index (κ1) is 16.4. The van der Waals surface area contributed by atoms with Crippen LogP contribution in [-0.2, 0) is 20.7 Å². The molecule has 0 unspecified atom stereocenters. The molecular formula is C19H15NO5. The Bertz CT molecular complexity index is 884. The van der Waals surface area contributed by atoms with Crippen LogP contribution in [0.4, 0.5) is 0 Å². The van der Waals surface area contributed by atoms with Gasteiger partial charge >= 0.3 is 11.9 Å². The average Bonchev–Trinajstić information content (AvgIpc) is 2.97. The molecule has 2 aromatic carbocycles. The zero-order valence-electron chi connectivity index (χ0n) is 13.4. The van der Waals surface area contributed by atoms with Gasteiger partial charge in [0.25, 0.3) is 0 Å². The maximum absolute atomic E-state index is 12.0. The number of cyclic esters (lactones) is 1. The molecule has 1 N–H and O–H groups in total. The predicted octanol–water partition coefficient (Wildman–Crippen LogP) is 2.67. The van der Waals surface area contributed by atoms with Crippen molar-refractivity contribution in [2.45, 2.75) is 6.42 Å². The largest absolute Gasteiger partial charge is 0.496 e. The highest BCUT2D eigenvalue weighted by Gasteiger charge is 2.24. The molecule has 1 aliphatic rings. The quantitative estimate of drug-likeness (QED) is 0.670. The Morgan fingerprint density at radius 2 is 2.00 bits per heavy atom. The minimum absolute atomic E-state index is 0.141. The van der Waals surface area contributed by atoms with Crippen molar-refractivity contribution in [3.05, 3.63) is 70.9 Å². The monoisotopic (exact) mass is 337 g/mol. The summed E-state index contributed by atoms with van der Waals surface area (Å²) < 4.78 is 10.4. The molecule has 0 aliphatic carbocycles. The van der Waals surface area contributed by atoms with Gasteiger partial charge in [-0.05, 0) is 29.8 Å². The number of ether oxygens (including phenoxy) is 2. The minimum atomic E-state index is -0.944. The summed E-state index contributed by atoms with van der Waals surface area (Å²) in [6, 6.07) is 14.2. The van der Waals surface area contributed by atoms with E-state index in [0.29, 0.717) is 22.4 Å². The Labute approximate surface area is 144 Å². The van der Waals surface area contributed by atoms with Gasteiger partial charge in [-0.25, -0.2) is 9.79 Å². The van der Waals surface area contributed by atoms with Crippen LogP contribution >= 0.6 is 0 Å². The van der Waals surface area contributed by atoms with Gasteiger partial charge in [0.05, 0.1) is 13.5 Å². The molecular weight excluding hydrogens is 322 g/mol. The summed E-state index contributed by atoms with van der Waals surface area (Å²) in [7, 11) is 1.47. The zero-order valence-corrected chi connectivity index (χ0v) is 13.4. The second kappa shape index (κ2) is 7.00. The summed E-state index contributed by atoms with van der Waals surface area (Å²) in [5.41, 5.74) is 2.11. The summed E-state index contributed by atoms with van der Waals surface area (Å²) in [4.78, 5) is 27.1. The maximum Gasteiger partial charge on any atom is 0.363 e. The van der Waals surface area contributed by atoms with Gasteiger partial charge in [-0.3, -0.25) is 4.79 Å². The molecule has 0 spiro atoms. The summed E-state index contributed by atoms with van der Waals surface area (Å²) >= 11 is 0. The van der Waals surface area contributed by atoms with Gasteiger partial charge in [0.15, 0.2) is 5.70 Å². The van der Waals surface area contributed by atoms with E-state index in [1.807, 2.05) is 18.2 Å². The lowest BCUT2D eigenvalue weighted by Crippen LogP contribution is -2.05. The smallest absolute Gasteiger partial charge is 0.363 e. The van der Waals surface area contributed by atoms with E-state index in [4.69, 9.17) is 14.6 Å². The number of carbonyl (C=O) groups excluding carboxylic acids is 1. The molecule has 0 saturated heterocycles. The van der Waals surface area contributed by atoms with E-state index in [-0.39, 0.29) is 18.0 Å². The molecule has 6 nitrogen and oxygen atoms in total. The Hall–Kier alpha value is -3.41. The fraction of sp³-hybridized carbons (Fsp3) is 0.105. The Kier molecular flexibility index (Phi) is 4.61. The summed E-state index contributed by atoms with van der Waals surface area (Å²) in [6.07, 6.45) is 1.43. The molecule has 25 heavy (non-hydrogen) atoms. The maximum atomic E-state index is 12.0. The zero-order chi connectivity index (χ0) is 17.8. The predicted molar refractivity (Wildman–Crippen MR) is 91.4 cm³/mol. The number of rotatable bonds is 5. The van der Waals surface area contributed by atoms with Gasteiger partial charge in [-0.2, -0.15) is 0 Å². The molecule has 3 rings (SSSR count). The molecule has 0 aromatic heterocycles. The van der Waals surface area contributed by atoms with E-state index in [9.17, 15) is 9.59 Å². The topological polar surface area (TPSA) is 85.2 Å². The van der Waals surface area contributed by atoms with E-state index in [1.165, 1.54) is 7.11 Å². The molecule has 0 amide bonds. The van der Waals surface area contributed by atoms with Crippen LogP contribution in [0.5, 0.6) is 5.75 Å². The molecule has 0 fully saturated rings. The lowest BCUT2D eigenvalue weighted by Gasteiger charge is -2.07. The van der Waals surface area contributed by atoms with Gasteiger partial charge in [-0.1, -0.05) is 30.3 Å². The van der Waals surface area contributed by atoms with E-state index in [0.717, 1.165) is 0 Å². The number of carboxylic acids is 1. The molecule has 0 bridgehead atoms. The number of hydrogen-bond donors (Lipinski definition) is 1. The fourth-order valence-electron chi connectivity index (χ4n) is 2.43. The molecule has 0 radical (unpaired) electrons. The highest BCUT2D eigenvalue weighted by Crippen LogP contribution is 2.24. The summed E-state index contributed by atoms with van der Waals surface area (Å²) in [6.45, 7) is 0. The number of carboxylic acid groups (broad SMARTS) is 1. The van der Waals surface area contributed by atoms with Crippen LogP contribution < -0.4 is 4.74 Å². The van der Waals surface area contributed by atoms with Crippen molar-refractivity contribution >= 4 is 23.9 Å². The first-order chi connectivity index (χ1) is 12.1. The number of nitrogens with zero attached hydrogens (tertiary/aromatic N) is 1. The highest BCUT2D eigenvalue weighted by atomic mass is 16.6. The van der Waals surface area contributed by atoms with E-state index < -0.39 is 11.9 Å². The van der Waals surface area contributed by atoms with Crippen LogP contribution in [0.3, 0.4) is 0 Å². The first-order valence-corrected chi connectivity index (χ1v) is 7.53. The molecule has 0 saturated carbocycles. The van der Waals surface area contributed by atoms with Crippen LogP contribution in [0.2, 0.25) is 0 Å². The highest BCUT2D eigenvalue weighted by molar-refractivity contribution is 6.12. The third-order valence-electron chi connectivity index (χ3n) is 3.60. The third-order valence-corrected chi connectivity index (χ3v) is 3.60. The van der Waals surface area contributed by atoms with Crippen molar-refractivity contribution < 1.29 is 24.2 Å². The second-order valence-corrected chi connectivity index (χ2v) is 5.34. The Morgan fingerprint density at radius 3 is 2.68 bits per heavy atom. The van der Waals surface area contributed by atoms with Crippen LogP contribution in [0.1, 0.15) is 16.7 Å². The van der Waals surface area contributed by atoms with Crippen LogP contribution in [0, 0.1) is 0 Å². The van der Waals surface area contributed by atoms with Crippen molar-refractivity contribution in [1.29, 1.82) is 0 Å². The number of methoxy groups -OCH3 is 1. The lowest BCUT2D eigenvalue weighted by molar-refractivity contribution is -0.136. The molecule has 1 heterocycles. The summed E-state index contributed by atoms with van der Waals surface area (Å²) in [5, 5.41) is 8.91. The van der Waals surface area contributed by atoms with Gasteiger partial charge in [0.2, 0.25) is 5.90 Å². The fourth-order valence-corrected chi connectivity index (χ4v) is 2.43. The van der Waals surface area contributed by atoms with Crippen molar-refractivity contribution in [2.24, 2.45) is 4.99 Å². The second-order valence-electron chi connectivity index (χ2n) is 5.34. The van der Waals surface area contributed by atoms with Crippen molar-refractivity contribution in [3.8, 4) is 5.75 Å². The molecule has 6 heteroatoms. The van der Waals surface area contributed by atoms with Gasteiger partial charge < -0.3 is 14.6 Å². The van der Waals surface area contributed by atoms with Gasteiger partial charge in [0.1, 0.15) is 5.75 Å². The molecule has 0 atom stereocenters. The van der Waals surface area contributed by atoms with Crippen LogP contribution in [0.15, 0.2) is 59.2 Å². The number of benzene rings is 2. The van der Waals surface area contributed by atoms with Crippen molar-refractivity contribution in [1.82, 2.24) is 0 Å². The van der Waals surface area contributed by atoms with Crippen LogP contribution in [0.25, 0.3) is 6.08 Å². The van der Waals surface area contributed by atoms with Gasteiger partial charge in [0, 0.05) is 11.1 Å². The van der Waals surface area contributed by atoms with E-state index in [1.54, 1.807) is 36.4 Å². The van der Waals surface area contributed by atoms with Crippen LogP contribution in [-0.4, -0.2) is 30.1 Å². The molecule has 1 aliphatic heterocycles. The Morgan fingerprint density at radius 1 is 1.24 bits per heavy atom. The first-order valence-electron chi connectivity index (χ1n) is 7.53. The minimum Gasteiger partial charge on any atom is -0.496 e. The number of hydrogen-bond acceptors (Lipinski definition) is 5. The standard InChI is InChI=1S/C19H15NO5/c1-24-16-10-12(7-8-14(16)11-17(21)22)9-15-19(23)25-18(20-15)13-5-3-2-4-6-13/h2-10H,11H2,1H3,(H,21,22)/b15-9-. The van der Waals surface area contributed by atoms with E-state index in [2.05, 4.69) is 4.99 Å². The lowest BCUT2D eigenvalue weighted by atomic mass is 10.1. The Balaban J connectivity index is 1.91. The number of aliphatic carboxylic acids is 1. The average molecular weight is 337 g/mol. The molecule has 2 aromatic rings. The van der Waals surface area contributed by atoms with Crippen molar-refractivity contribution in [2.75, 3.05) is 7.11 Å². The SMILES string of the molecule is COc1cc(/C=C2\N=C(c3ccccc3)OC2=O)ccc1CC(=O)O. The number of esters is 1.